The van der Waals surface area contributed by atoms with Gasteiger partial charge in [-0.05, 0) is 36.8 Å². The van der Waals surface area contributed by atoms with Crippen molar-refractivity contribution in [3.05, 3.63) is 58.6 Å². The van der Waals surface area contributed by atoms with E-state index >= 15 is 4.79 Å². The van der Waals surface area contributed by atoms with E-state index in [1.807, 2.05) is 61.2 Å². The molecule has 0 radical (unpaired) electrons. The Balaban J connectivity index is 1.46. The predicted molar refractivity (Wildman–Crippen MR) is 173 cm³/mol. The summed E-state index contributed by atoms with van der Waals surface area (Å²) in [5, 5.41) is 13.5. The smallest absolute Gasteiger partial charge is 0.313 e. The van der Waals surface area contributed by atoms with Crippen LogP contribution in [0.15, 0.2) is 53.0 Å². The Morgan fingerprint density at radius 3 is 2.48 bits per heavy atom. The lowest BCUT2D eigenvalue weighted by atomic mass is 9.74. The quantitative estimate of drug-likeness (QED) is 0.354. The van der Waals surface area contributed by atoms with Gasteiger partial charge in [-0.15, -0.1) is 0 Å². The number of nitrogens with zero attached hydrogens (tertiary/aromatic N) is 2. The zero-order chi connectivity index (χ0) is 32.6. The largest absolute Gasteiger partial charge is 0.455 e. The van der Waals surface area contributed by atoms with Gasteiger partial charge < -0.3 is 29.7 Å². The number of ether oxygens (including phenoxy) is 2. The molecule has 3 amide bonds. The number of nitrogens with one attached hydrogen (secondary N) is 1. The Labute approximate surface area is 278 Å². The summed E-state index contributed by atoms with van der Waals surface area (Å²) in [4.78, 5) is 60.1. The summed E-state index contributed by atoms with van der Waals surface area (Å²) in [7, 11) is 0. The average molecular weight is 699 g/mol. The van der Waals surface area contributed by atoms with E-state index in [0.717, 1.165) is 32.1 Å². The van der Waals surface area contributed by atoms with Crippen LogP contribution in [0.25, 0.3) is 0 Å². The van der Waals surface area contributed by atoms with Crippen LogP contribution in [0.5, 0.6) is 0 Å². The van der Waals surface area contributed by atoms with Crippen LogP contribution in [-0.2, 0) is 28.7 Å². The molecule has 7 atom stereocenters. The van der Waals surface area contributed by atoms with Gasteiger partial charge in [0.2, 0.25) is 17.7 Å². The molecule has 4 heterocycles. The van der Waals surface area contributed by atoms with Crippen LogP contribution in [0.3, 0.4) is 0 Å². The Morgan fingerprint density at radius 1 is 1.04 bits per heavy atom. The zero-order valence-electron chi connectivity index (χ0n) is 26.5. The summed E-state index contributed by atoms with van der Waals surface area (Å²) < 4.78 is 13.4. The van der Waals surface area contributed by atoms with Crippen LogP contribution < -0.4 is 5.32 Å². The number of halogens is 1. The molecule has 3 fully saturated rings. The highest BCUT2D eigenvalue weighted by Crippen LogP contribution is 2.59. The minimum atomic E-state index is -1.41. The maximum absolute atomic E-state index is 15.0. The van der Waals surface area contributed by atoms with Crippen molar-refractivity contribution < 1.29 is 33.8 Å². The van der Waals surface area contributed by atoms with Crippen molar-refractivity contribution in [1.82, 2.24) is 15.1 Å². The van der Waals surface area contributed by atoms with E-state index in [0.29, 0.717) is 23.0 Å². The van der Waals surface area contributed by atoms with E-state index in [1.165, 1.54) is 4.90 Å². The Bertz CT molecular complexity index is 1390. The SMILES string of the molecule is CC(C)[C@H](CO)N1C(=O)[C@@H]2[C@H]3C(=O)O[C@@H](c4ccccc4)CNC(=O)CC/C=C\CN(C4CCCCC4)C(=O)[C@@H]1[C@]21C=C(Br)[C@H]3O1. The number of rotatable bonds is 5. The second-order valence-corrected chi connectivity index (χ2v) is 14.4. The van der Waals surface area contributed by atoms with E-state index < -0.39 is 53.6 Å². The molecule has 1 spiro atoms. The molecule has 10 nitrogen and oxygen atoms in total. The maximum atomic E-state index is 15.0. The van der Waals surface area contributed by atoms with Gasteiger partial charge in [-0.25, -0.2) is 0 Å². The number of amides is 3. The number of hydrogen-bond donors (Lipinski definition) is 2. The molecule has 1 aromatic carbocycles. The number of carbonyl (C=O) groups excluding carboxylic acids is 4. The van der Waals surface area contributed by atoms with Crippen LogP contribution in [-0.4, -0.2) is 88.1 Å². The molecule has 6 rings (SSSR count). The van der Waals surface area contributed by atoms with Crippen molar-refractivity contribution in [2.45, 2.75) is 94.7 Å². The molecule has 1 saturated carbocycles. The molecule has 2 saturated heterocycles. The Hall–Kier alpha value is -3.02. The number of esters is 1. The fraction of sp³-hybridized carbons (Fsp3) is 0.600. The van der Waals surface area contributed by atoms with Crippen molar-refractivity contribution in [3.8, 4) is 0 Å². The maximum Gasteiger partial charge on any atom is 0.313 e. The van der Waals surface area contributed by atoms with Crippen molar-refractivity contribution in [2.75, 3.05) is 19.7 Å². The van der Waals surface area contributed by atoms with Crippen LogP contribution in [0, 0.1) is 17.8 Å². The number of carbonyl (C=O) groups is 4. The molecule has 0 unspecified atom stereocenters. The Morgan fingerprint density at radius 2 is 1.78 bits per heavy atom. The molecule has 5 bridgehead atoms. The standard InChI is InChI=1S/C35H44BrN3O7/c1-21(2)25(20-40)39-31-33(43)38(23-14-8-4-9-15-23)17-11-5-10-16-27(41)37-19-26(22-12-6-3-7-13-22)45-34(44)28-29(32(39)42)35(31)18-24(36)30(28)46-35/h3,5-7,11-13,18,21,23,25-26,28-31,40H,4,8-10,14-17,19-20H2,1-2H3,(H,37,41)/b11-5-/t25-,26+,28+,29-,30+,31+,35-/m0/s1. The molecule has 1 aliphatic carbocycles. The third kappa shape index (κ3) is 5.83. The molecule has 248 valence electrons. The molecule has 4 aliphatic heterocycles. The van der Waals surface area contributed by atoms with Gasteiger partial charge in [0.25, 0.3) is 0 Å². The van der Waals surface area contributed by atoms with Crippen LogP contribution in [0.1, 0.15) is 70.5 Å². The number of hydrogen-bond acceptors (Lipinski definition) is 7. The number of fused-ring (bicyclic) bond motifs is 2. The Kier molecular flexibility index (Phi) is 9.73. The topological polar surface area (TPSA) is 125 Å². The van der Waals surface area contributed by atoms with E-state index in [2.05, 4.69) is 21.2 Å². The summed E-state index contributed by atoms with van der Waals surface area (Å²) >= 11 is 3.62. The highest BCUT2D eigenvalue weighted by molar-refractivity contribution is 9.11. The van der Waals surface area contributed by atoms with Gasteiger partial charge in [0.05, 0.1) is 25.1 Å². The molecule has 11 heteroatoms. The van der Waals surface area contributed by atoms with E-state index in [4.69, 9.17) is 9.47 Å². The number of likely N-dealkylation sites (tertiary alicyclic amines) is 1. The fourth-order valence-electron chi connectivity index (χ4n) is 8.08. The van der Waals surface area contributed by atoms with Crippen molar-refractivity contribution in [1.29, 1.82) is 0 Å². The molecular weight excluding hydrogens is 654 g/mol. The van der Waals surface area contributed by atoms with Crippen LogP contribution in [0.4, 0.5) is 0 Å². The van der Waals surface area contributed by atoms with Gasteiger partial charge in [0.1, 0.15) is 29.8 Å². The predicted octanol–water partition coefficient (Wildman–Crippen LogP) is 3.79. The zero-order valence-corrected chi connectivity index (χ0v) is 28.1. The van der Waals surface area contributed by atoms with Gasteiger partial charge >= 0.3 is 5.97 Å². The first-order chi connectivity index (χ1) is 22.2. The summed E-state index contributed by atoms with van der Waals surface area (Å²) in [6, 6.07) is 7.44. The second-order valence-electron chi connectivity index (χ2n) is 13.5. The van der Waals surface area contributed by atoms with E-state index in [-0.39, 0.29) is 43.3 Å². The molecular formula is C35H44BrN3O7. The summed E-state index contributed by atoms with van der Waals surface area (Å²) in [6.45, 7) is 3.89. The van der Waals surface area contributed by atoms with Gasteiger partial charge in [0, 0.05) is 23.5 Å². The van der Waals surface area contributed by atoms with Crippen molar-refractivity contribution >= 4 is 39.6 Å². The summed E-state index contributed by atoms with van der Waals surface area (Å²) in [5.41, 5.74) is -0.705. The molecule has 0 aromatic heterocycles. The molecule has 2 N–H and O–H groups in total. The summed E-state index contributed by atoms with van der Waals surface area (Å²) in [5.74, 6) is -3.66. The third-order valence-corrected chi connectivity index (χ3v) is 11.1. The number of benzene rings is 1. The highest BCUT2D eigenvalue weighted by Gasteiger charge is 2.75. The number of aliphatic hydroxyl groups excluding tert-OH is 1. The van der Waals surface area contributed by atoms with Gasteiger partial charge in [-0.3, -0.25) is 19.2 Å². The van der Waals surface area contributed by atoms with Crippen molar-refractivity contribution in [3.63, 3.8) is 0 Å². The lowest BCUT2D eigenvalue weighted by Crippen LogP contribution is -2.61. The number of allylic oxidation sites excluding steroid dienone is 1. The fourth-order valence-corrected chi connectivity index (χ4v) is 8.82. The third-order valence-electron chi connectivity index (χ3n) is 10.4. The minimum Gasteiger partial charge on any atom is -0.455 e. The first-order valence-electron chi connectivity index (χ1n) is 16.6. The van der Waals surface area contributed by atoms with E-state index in [9.17, 15) is 19.5 Å². The van der Waals surface area contributed by atoms with Gasteiger partial charge in [-0.1, -0.05) is 91.5 Å². The number of aliphatic hydroxyl groups is 1. The lowest BCUT2D eigenvalue weighted by molar-refractivity contribution is -0.161. The molecule has 1 aromatic rings. The molecule has 5 aliphatic rings. The summed E-state index contributed by atoms with van der Waals surface area (Å²) in [6.07, 6.45) is 9.61. The lowest BCUT2D eigenvalue weighted by Gasteiger charge is -2.42. The molecule has 46 heavy (non-hydrogen) atoms. The monoisotopic (exact) mass is 697 g/mol. The first kappa shape index (κ1) is 32.9. The minimum absolute atomic E-state index is 0.0197. The average Bonchev–Trinajstić information content (AvgIpc) is 3.64. The number of cyclic esters (lactones) is 1. The normalized spacial score (nSPS) is 33.9. The van der Waals surface area contributed by atoms with Gasteiger partial charge in [-0.2, -0.15) is 0 Å². The van der Waals surface area contributed by atoms with Gasteiger partial charge in [0.15, 0.2) is 0 Å². The first-order valence-corrected chi connectivity index (χ1v) is 17.4. The second kappa shape index (κ2) is 13.6. The van der Waals surface area contributed by atoms with Crippen LogP contribution in [0.2, 0.25) is 0 Å². The van der Waals surface area contributed by atoms with Crippen LogP contribution >= 0.6 is 15.9 Å². The van der Waals surface area contributed by atoms with E-state index in [1.54, 1.807) is 6.08 Å². The van der Waals surface area contributed by atoms with Crippen molar-refractivity contribution in [2.24, 2.45) is 17.8 Å². The highest BCUT2D eigenvalue weighted by atomic mass is 79.9.